The number of fused-ring (bicyclic) bond motifs is 3. The van der Waals surface area contributed by atoms with Gasteiger partial charge in [0, 0.05) is 38.3 Å². The molecule has 7 nitrogen and oxygen atoms in total. The third-order valence-corrected chi connectivity index (χ3v) is 7.93. The van der Waals surface area contributed by atoms with Crippen LogP contribution in [-0.2, 0) is 6.54 Å². The van der Waals surface area contributed by atoms with Crippen molar-refractivity contribution in [2.24, 2.45) is 0 Å². The molecule has 0 unspecified atom stereocenters. The highest BCUT2D eigenvalue weighted by Gasteiger charge is 2.25. The van der Waals surface area contributed by atoms with Crippen molar-refractivity contribution in [2.45, 2.75) is 13.5 Å². The minimum absolute atomic E-state index is 0.0972. The van der Waals surface area contributed by atoms with E-state index in [-0.39, 0.29) is 6.03 Å². The van der Waals surface area contributed by atoms with Gasteiger partial charge in [-0.05, 0) is 36.8 Å². The predicted molar refractivity (Wildman–Crippen MR) is 150 cm³/mol. The van der Waals surface area contributed by atoms with Crippen LogP contribution in [0.5, 0.6) is 5.75 Å². The van der Waals surface area contributed by atoms with Crippen molar-refractivity contribution in [2.75, 3.05) is 38.6 Å². The fourth-order valence-corrected chi connectivity index (χ4v) is 6.11. The number of para-hydroxylation sites is 2. The zero-order valence-corrected chi connectivity index (χ0v) is 21.8. The van der Waals surface area contributed by atoms with Crippen molar-refractivity contribution in [1.82, 2.24) is 19.2 Å². The molecule has 6 rings (SSSR count). The fraction of sp³-hybridized carbons (Fsp3) is 0.241. The van der Waals surface area contributed by atoms with Crippen LogP contribution in [-0.4, -0.2) is 58.5 Å². The molecule has 188 valence electrons. The topological polar surface area (TPSA) is 62.1 Å². The number of nitrogens with zero attached hydrogens (tertiary/aromatic N) is 4. The van der Waals surface area contributed by atoms with E-state index in [4.69, 9.17) is 9.72 Å². The molecule has 5 aromatic rings. The molecule has 0 bridgehead atoms. The maximum atomic E-state index is 12.9. The lowest BCUT2D eigenvalue weighted by Crippen LogP contribution is -2.49. The quantitative estimate of drug-likeness (QED) is 0.320. The van der Waals surface area contributed by atoms with Crippen LogP contribution in [0.15, 0.2) is 72.8 Å². The van der Waals surface area contributed by atoms with Crippen LogP contribution in [0.1, 0.15) is 11.3 Å². The van der Waals surface area contributed by atoms with E-state index in [0.29, 0.717) is 24.5 Å². The van der Waals surface area contributed by atoms with E-state index < -0.39 is 0 Å². The molecule has 3 aromatic carbocycles. The smallest absolute Gasteiger partial charge is 0.322 e. The zero-order chi connectivity index (χ0) is 25.4. The van der Waals surface area contributed by atoms with E-state index in [2.05, 4.69) is 64.0 Å². The van der Waals surface area contributed by atoms with E-state index in [1.807, 2.05) is 35.2 Å². The highest BCUT2D eigenvalue weighted by molar-refractivity contribution is 7.23. The summed E-state index contributed by atoms with van der Waals surface area (Å²) in [5.74, 6) is 0.658. The van der Waals surface area contributed by atoms with E-state index in [1.54, 1.807) is 18.4 Å². The van der Waals surface area contributed by atoms with Gasteiger partial charge in [-0.15, -0.1) is 0 Å². The number of carbonyl (C=O) groups is 1. The van der Waals surface area contributed by atoms with Crippen molar-refractivity contribution in [3.8, 4) is 17.0 Å². The number of hydrogen-bond acceptors (Lipinski definition) is 5. The van der Waals surface area contributed by atoms with Gasteiger partial charge in [-0.25, -0.2) is 9.78 Å². The second-order valence-electron chi connectivity index (χ2n) is 9.36. The number of aryl methyl sites for hydroxylation is 1. The Kier molecular flexibility index (Phi) is 6.28. The van der Waals surface area contributed by atoms with Crippen LogP contribution in [0.3, 0.4) is 0 Å². The first-order valence-corrected chi connectivity index (χ1v) is 13.3. The third-order valence-electron chi connectivity index (χ3n) is 6.93. The maximum Gasteiger partial charge on any atom is 0.322 e. The van der Waals surface area contributed by atoms with Gasteiger partial charge in [-0.3, -0.25) is 9.30 Å². The van der Waals surface area contributed by atoms with E-state index in [0.717, 1.165) is 35.9 Å². The molecule has 0 atom stereocenters. The number of benzene rings is 3. The van der Waals surface area contributed by atoms with Crippen LogP contribution in [0.2, 0.25) is 0 Å². The lowest BCUT2D eigenvalue weighted by atomic mass is 10.1. The first-order chi connectivity index (χ1) is 18.1. The standard InChI is InChI=1S/C29H29N5O2S/c1-20-12-13-23-26(18-20)37-29-31-27(21-8-4-3-5-9-21)24(34(23)29)19-32-14-16-33(17-15-32)28(35)30-22-10-6-7-11-25(22)36-2/h3-13,18H,14-17,19H2,1-2H3,(H,30,35). The predicted octanol–water partition coefficient (Wildman–Crippen LogP) is 5.88. The molecule has 2 aromatic heterocycles. The molecule has 8 heteroatoms. The molecule has 0 aliphatic carbocycles. The normalized spacial score (nSPS) is 14.4. The van der Waals surface area contributed by atoms with Crippen LogP contribution >= 0.6 is 11.3 Å². The van der Waals surface area contributed by atoms with Gasteiger partial charge in [0.05, 0.1) is 34.4 Å². The van der Waals surface area contributed by atoms with Crippen LogP contribution < -0.4 is 10.1 Å². The zero-order valence-electron chi connectivity index (χ0n) is 21.0. The number of aromatic nitrogens is 2. The monoisotopic (exact) mass is 511 g/mol. The number of ether oxygens (including phenoxy) is 1. The lowest BCUT2D eigenvalue weighted by molar-refractivity contribution is 0.142. The summed E-state index contributed by atoms with van der Waals surface area (Å²) >= 11 is 1.74. The highest BCUT2D eigenvalue weighted by Crippen LogP contribution is 2.34. The van der Waals surface area contributed by atoms with Gasteiger partial charge in [0.25, 0.3) is 0 Å². The number of rotatable bonds is 5. The molecule has 1 N–H and O–H groups in total. The second kappa shape index (κ2) is 9.88. The number of imidazole rings is 1. The highest BCUT2D eigenvalue weighted by atomic mass is 32.1. The molecule has 1 fully saturated rings. The summed E-state index contributed by atoms with van der Waals surface area (Å²) in [4.78, 5) is 23.3. The van der Waals surface area contributed by atoms with Crippen molar-refractivity contribution >= 4 is 38.2 Å². The number of hydrogen-bond donors (Lipinski definition) is 1. The summed E-state index contributed by atoms with van der Waals surface area (Å²) in [6, 6.07) is 24.4. The first-order valence-electron chi connectivity index (χ1n) is 12.5. The average Bonchev–Trinajstić information content (AvgIpc) is 3.45. The Morgan fingerprint density at radius 3 is 2.54 bits per heavy atom. The summed E-state index contributed by atoms with van der Waals surface area (Å²) < 4.78 is 8.95. The molecule has 0 saturated carbocycles. The average molecular weight is 512 g/mol. The number of piperazine rings is 1. The molecular formula is C29H29N5O2S. The molecule has 1 saturated heterocycles. The largest absolute Gasteiger partial charge is 0.495 e. The van der Waals surface area contributed by atoms with E-state index in [9.17, 15) is 4.79 Å². The molecule has 3 heterocycles. The first kappa shape index (κ1) is 23.5. The Labute approximate surface area is 219 Å². The number of anilines is 1. The van der Waals surface area contributed by atoms with Crippen molar-refractivity contribution in [3.05, 3.63) is 84.1 Å². The van der Waals surface area contributed by atoms with Crippen LogP contribution in [0.4, 0.5) is 10.5 Å². The van der Waals surface area contributed by atoms with Gasteiger partial charge in [0.2, 0.25) is 0 Å². The lowest BCUT2D eigenvalue weighted by Gasteiger charge is -2.34. The molecule has 2 amide bonds. The number of methoxy groups -OCH3 is 1. The fourth-order valence-electron chi connectivity index (χ4n) is 4.97. The minimum atomic E-state index is -0.0972. The Morgan fingerprint density at radius 2 is 1.76 bits per heavy atom. The van der Waals surface area contributed by atoms with Crippen molar-refractivity contribution in [1.29, 1.82) is 0 Å². The van der Waals surface area contributed by atoms with E-state index >= 15 is 0 Å². The van der Waals surface area contributed by atoms with Crippen molar-refractivity contribution in [3.63, 3.8) is 0 Å². The molecule has 37 heavy (non-hydrogen) atoms. The Hall–Kier alpha value is -3.88. The van der Waals surface area contributed by atoms with Gasteiger partial charge in [-0.1, -0.05) is 59.9 Å². The Morgan fingerprint density at radius 1 is 1.00 bits per heavy atom. The summed E-state index contributed by atoms with van der Waals surface area (Å²) in [5, 5.41) is 3.00. The molecular weight excluding hydrogens is 482 g/mol. The van der Waals surface area contributed by atoms with Gasteiger partial charge in [0.1, 0.15) is 5.75 Å². The summed E-state index contributed by atoms with van der Waals surface area (Å²) in [5.41, 5.74) is 6.50. The Balaban J connectivity index is 1.24. The van der Waals surface area contributed by atoms with Crippen molar-refractivity contribution < 1.29 is 9.53 Å². The minimum Gasteiger partial charge on any atom is -0.495 e. The third kappa shape index (κ3) is 4.54. The summed E-state index contributed by atoms with van der Waals surface area (Å²) in [6.07, 6.45) is 0. The molecule has 0 spiro atoms. The van der Waals surface area contributed by atoms with Crippen LogP contribution in [0.25, 0.3) is 26.4 Å². The van der Waals surface area contributed by atoms with Gasteiger partial charge in [0.15, 0.2) is 4.96 Å². The van der Waals surface area contributed by atoms with Gasteiger partial charge >= 0.3 is 6.03 Å². The SMILES string of the molecule is COc1ccccc1NC(=O)N1CCN(Cc2c(-c3ccccc3)nc3sc4cc(C)ccc4n23)CC1. The number of urea groups is 1. The second-order valence-corrected chi connectivity index (χ2v) is 10.4. The van der Waals surface area contributed by atoms with E-state index in [1.165, 1.54) is 21.5 Å². The number of nitrogens with one attached hydrogen (secondary N) is 1. The van der Waals surface area contributed by atoms with Crippen LogP contribution in [0, 0.1) is 6.92 Å². The number of carbonyl (C=O) groups excluding carboxylic acids is 1. The number of amides is 2. The van der Waals surface area contributed by atoms with Gasteiger partial charge < -0.3 is 15.0 Å². The maximum absolute atomic E-state index is 12.9. The Bertz CT molecular complexity index is 1570. The molecule has 1 aliphatic rings. The summed E-state index contributed by atoms with van der Waals surface area (Å²) in [7, 11) is 1.61. The molecule has 1 aliphatic heterocycles. The molecule has 0 radical (unpaired) electrons. The van der Waals surface area contributed by atoms with Gasteiger partial charge in [-0.2, -0.15) is 0 Å². The number of thiazole rings is 1. The summed E-state index contributed by atoms with van der Waals surface area (Å²) in [6.45, 7) is 5.80.